The molecule has 0 saturated carbocycles. The summed E-state index contributed by atoms with van der Waals surface area (Å²) in [4.78, 5) is 15.6. The number of rotatable bonds is 4. The summed E-state index contributed by atoms with van der Waals surface area (Å²) in [6.07, 6.45) is 3.49. The highest BCUT2D eigenvalue weighted by molar-refractivity contribution is 6.33. The van der Waals surface area contributed by atoms with E-state index in [9.17, 15) is 9.18 Å². The minimum absolute atomic E-state index is 0.260. The molecule has 0 aliphatic heterocycles. The van der Waals surface area contributed by atoms with Crippen LogP contribution in [-0.4, -0.2) is 17.4 Å². The fraction of sp³-hybridized carbons (Fsp3) is 0.143. The maximum absolute atomic E-state index is 13.0. The molecule has 5 heteroatoms. The molecule has 2 rings (SSSR count). The molecule has 0 saturated heterocycles. The zero-order chi connectivity index (χ0) is 13.7. The average molecular weight is 279 g/mol. The highest BCUT2D eigenvalue weighted by Gasteiger charge is 2.08. The van der Waals surface area contributed by atoms with Crippen molar-refractivity contribution in [2.45, 2.75) is 6.42 Å². The van der Waals surface area contributed by atoms with E-state index in [0.29, 0.717) is 23.6 Å². The van der Waals surface area contributed by atoms with Crippen molar-refractivity contribution < 1.29 is 9.18 Å². The van der Waals surface area contributed by atoms with Crippen molar-refractivity contribution in [1.82, 2.24) is 10.3 Å². The van der Waals surface area contributed by atoms with Gasteiger partial charge in [0.2, 0.25) is 0 Å². The molecule has 0 bridgehead atoms. The number of benzene rings is 1. The van der Waals surface area contributed by atoms with Crippen LogP contribution in [0.1, 0.15) is 15.9 Å². The largest absolute Gasteiger partial charge is 0.352 e. The second-order valence-electron chi connectivity index (χ2n) is 3.99. The average Bonchev–Trinajstić information content (AvgIpc) is 2.39. The summed E-state index contributed by atoms with van der Waals surface area (Å²) in [5.74, 6) is -0.537. The van der Waals surface area contributed by atoms with Gasteiger partial charge in [0.15, 0.2) is 0 Å². The van der Waals surface area contributed by atoms with Gasteiger partial charge in [0.05, 0.1) is 10.6 Å². The fourth-order valence-corrected chi connectivity index (χ4v) is 1.87. The molecule has 0 spiro atoms. The van der Waals surface area contributed by atoms with Crippen molar-refractivity contribution in [2.24, 2.45) is 0 Å². The van der Waals surface area contributed by atoms with E-state index >= 15 is 0 Å². The van der Waals surface area contributed by atoms with E-state index in [4.69, 9.17) is 11.6 Å². The highest BCUT2D eigenvalue weighted by atomic mass is 35.5. The number of carbonyl (C=O) groups excluding carboxylic acids is 1. The van der Waals surface area contributed by atoms with Crippen molar-refractivity contribution in [2.75, 3.05) is 6.54 Å². The Bertz CT molecular complexity index is 589. The van der Waals surface area contributed by atoms with E-state index in [1.54, 1.807) is 12.1 Å². The summed E-state index contributed by atoms with van der Waals surface area (Å²) in [5.41, 5.74) is 1.22. The first-order valence-corrected chi connectivity index (χ1v) is 6.17. The quantitative estimate of drug-likeness (QED) is 0.934. The Morgan fingerprint density at radius 3 is 2.95 bits per heavy atom. The highest BCUT2D eigenvalue weighted by Crippen LogP contribution is 2.12. The molecule has 0 radical (unpaired) electrons. The van der Waals surface area contributed by atoms with Gasteiger partial charge < -0.3 is 5.32 Å². The van der Waals surface area contributed by atoms with Gasteiger partial charge in [0.25, 0.3) is 5.91 Å². The van der Waals surface area contributed by atoms with Crippen LogP contribution in [0.15, 0.2) is 42.7 Å². The molecule has 0 atom stereocenters. The van der Waals surface area contributed by atoms with E-state index in [-0.39, 0.29) is 11.7 Å². The lowest BCUT2D eigenvalue weighted by Crippen LogP contribution is -2.26. The third kappa shape index (κ3) is 3.76. The van der Waals surface area contributed by atoms with E-state index in [2.05, 4.69) is 10.3 Å². The second-order valence-corrected chi connectivity index (χ2v) is 4.40. The first kappa shape index (κ1) is 13.5. The predicted octanol–water partition coefficient (Wildman–Crippen LogP) is 2.85. The molecule has 2 aromatic rings. The molecule has 1 heterocycles. The van der Waals surface area contributed by atoms with Crippen LogP contribution in [0.3, 0.4) is 0 Å². The molecular formula is C14H12ClFN2O. The second kappa shape index (κ2) is 6.29. The number of hydrogen-bond donors (Lipinski definition) is 1. The first-order valence-electron chi connectivity index (χ1n) is 5.79. The summed E-state index contributed by atoms with van der Waals surface area (Å²) in [5, 5.41) is 3.05. The zero-order valence-electron chi connectivity index (χ0n) is 10.1. The topological polar surface area (TPSA) is 42.0 Å². The number of carbonyl (C=O) groups is 1. The summed E-state index contributed by atoms with van der Waals surface area (Å²) >= 11 is 5.86. The van der Waals surface area contributed by atoms with Crippen LogP contribution in [0.2, 0.25) is 5.02 Å². The van der Waals surface area contributed by atoms with E-state index < -0.39 is 0 Å². The lowest BCUT2D eigenvalue weighted by atomic mass is 10.1. The Morgan fingerprint density at radius 1 is 1.37 bits per heavy atom. The van der Waals surface area contributed by atoms with Crippen molar-refractivity contribution in [1.29, 1.82) is 0 Å². The molecule has 0 unspecified atom stereocenters. The molecule has 1 aromatic heterocycles. The number of halogens is 2. The molecule has 0 fully saturated rings. The molecule has 0 aliphatic carbocycles. The minimum Gasteiger partial charge on any atom is -0.352 e. The zero-order valence-corrected chi connectivity index (χ0v) is 10.8. The summed E-state index contributed by atoms with van der Waals surface area (Å²) in [6.45, 7) is 0.418. The normalized spacial score (nSPS) is 10.2. The van der Waals surface area contributed by atoms with Gasteiger partial charge in [0, 0.05) is 18.9 Å². The standard InChI is InChI=1S/C14H12ClFN2O/c15-13-9-17-6-5-12(13)14(19)18-7-4-10-2-1-3-11(16)8-10/h1-3,5-6,8-9H,4,7H2,(H,18,19). The Morgan fingerprint density at radius 2 is 2.21 bits per heavy atom. The van der Waals surface area contributed by atoms with Gasteiger partial charge in [-0.2, -0.15) is 0 Å². The molecule has 1 N–H and O–H groups in total. The third-order valence-corrected chi connectivity index (χ3v) is 2.91. The minimum atomic E-state index is -0.277. The Hall–Kier alpha value is -1.94. The number of pyridine rings is 1. The smallest absolute Gasteiger partial charge is 0.252 e. The molecule has 1 amide bonds. The molecule has 1 aromatic carbocycles. The summed E-state index contributed by atoms with van der Waals surface area (Å²) < 4.78 is 13.0. The van der Waals surface area contributed by atoms with E-state index in [1.165, 1.54) is 24.5 Å². The maximum Gasteiger partial charge on any atom is 0.252 e. The number of nitrogens with zero attached hydrogens (tertiary/aromatic N) is 1. The third-order valence-electron chi connectivity index (χ3n) is 2.61. The summed E-state index contributed by atoms with van der Waals surface area (Å²) in [7, 11) is 0. The van der Waals surface area contributed by atoms with E-state index in [0.717, 1.165) is 5.56 Å². The predicted molar refractivity (Wildman–Crippen MR) is 71.7 cm³/mol. The molecule has 98 valence electrons. The fourth-order valence-electron chi connectivity index (χ4n) is 1.67. The lowest BCUT2D eigenvalue weighted by molar-refractivity contribution is 0.0954. The van der Waals surface area contributed by atoms with Crippen LogP contribution in [-0.2, 0) is 6.42 Å². The van der Waals surface area contributed by atoms with Crippen LogP contribution >= 0.6 is 11.6 Å². The van der Waals surface area contributed by atoms with Crippen molar-refractivity contribution >= 4 is 17.5 Å². The molecule has 19 heavy (non-hydrogen) atoms. The number of amides is 1. The van der Waals surface area contributed by atoms with Crippen LogP contribution in [0.4, 0.5) is 4.39 Å². The Balaban J connectivity index is 1.90. The lowest BCUT2D eigenvalue weighted by Gasteiger charge is -2.06. The maximum atomic E-state index is 13.0. The molecular weight excluding hydrogens is 267 g/mol. The summed E-state index contributed by atoms with van der Waals surface area (Å²) in [6, 6.07) is 7.85. The number of hydrogen-bond acceptors (Lipinski definition) is 2. The van der Waals surface area contributed by atoms with Gasteiger partial charge in [0.1, 0.15) is 5.82 Å². The van der Waals surface area contributed by atoms with Crippen molar-refractivity contribution in [3.63, 3.8) is 0 Å². The molecule has 0 aliphatic rings. The van der Waals surface area contributed by atoms with Gasteiger partial charge in [-0.05, 0) is 30.2 Å². The van der Waals surface area contributed by atoms with E-state index in [1.807, 2.05) is 6.07 Å². The monoisotopic (exact) mass is 278 g/mol. The van der Waals surface area contributed by atoms with Gasteiger partial charge in [-0.15, -0.1) is 0 Å². The number of nitrogens with one attached hydrogen (secondary N) is 1. The van der Waals surface area contributed by atoms with Crippen molar-refractivity contribution in [3.8, 4) is 0 Å². The van der Waals surface area contributed by atoms with Gasteiger partial charge >= 0.3 is 0 Å². The van der Waals surface area contributed by atoms with Crippen LogP contribution in [0.5, 0.6) is 0 Å². The molecule has 3 nitrogen and oxygen atoms in total. The Labute approximate surface area is 115 Å². The number of aromatic nitrogens is 1. The van der Waals surface area contributed by atoms with Crippen LogP contribution in [0.25, 0.3) is 0 Å². The van der Waals surface area contributed by atoms with Crippen LogP contribution < -0.4 is 5.32 Å². The van der Waals surface area contributed by atoms with Crippen molar-refractivity contribution in [3.05, 3.63) is 64.7 Å². The first-order chi connectivity index (χ1) is 9.16. The SMILES string of the molecule is O=C(NCCc1cccc(F)c1)c1ccncc1Cl. The van der Waals surface area contributed by atoms with Gasteiger partial charge in [-0.3, -0.25) is 9.78 Å². The van der Waals surface area contributed by atoms with Crippen LogP contribution in [0, 0.1) is 5.82 Å². The Kier molecular flexibility index (Phi) is 4.47. The van der Waals surface area contributed by atoms with Gasteiger partial charge in [-0.1, -0.05) is 23.7 Å². The van der Waals surface area contributed by atoms with Gasteiger partial charge in [-0.25, -0.2) is 4.39 Å².